The number of benzene rings is 8. The summed E-state index contributed by atoms with van der Waals surface area (Å²) >= 11 is 0. The molecule has 0 amide bonds. The van der Waals surface area contributed by atoms with Crippen LogP contribution >= 0.6 is 0 Å². The molecule has 1 N–H and O–H groups in total. The van der Waals surface area contributed by atoms with Gasteiger partial charge in [-0.15, -0.1) is 0 Å². The van der Waals surface area contributed by atoms with Gasteiger partial charge in [-0.2, -0.15) is 0 Å². The standard InChI is InChI=1S/2C32H16N8.Er/c2*1-2-10-18-17(9-1)25-33-26(18)38-28-21-13-5-6-14-22(21)30(35-28)40-32-24-16-8-7-15-23(24)31(36-32)39-29-20-12-4-3-11-19(20)27(34-29)37-25;/h2*1-16H;/q2*-2;+3/p+1. The SMILES string of the molecule is [Er+3].c1ccc2c(c1)-c1nc-2nc2[n-]c(nc3nc([n-]c4[nH+]c(n1)-c1ccccc1-4)-c1ccccc1-3)c1ccccc21.c1ccc2c(c1)-c1nc-2nc2[n-]c(nc3nc([n-]c4nc(n1)-c1ccccc1-4)-c1ccccc1-3)c1ccccc21. The zero-order valence-electron chi connectivity index (χ0n) is 42.0. The van der Waals surface area contributed by atoms with Crippen LogP contribution < -0.4 is 24.9 Å². The number of H-pyrrole nitrogens is 1. The van der Waals surface area contributed by atoms with Crippen LogP contribution in [0.5, 0.6) is 0 Å². The molecule has 4 aromatic heterocycles. The Hall–Kier alpha value is -10.3. The van der Waals surface area contributed by atoms with Crippen LogP contribution in [-0.4, -0.2) is 54.8 Å². The Morgan fingerprint density at radius 1 is 0.222 bits per heavy atom. The molecule has 16 bridgehead atoms. The van der Waals surface area contributed by atoms with Crippen LogP contribution in [0.25, 0.3) is 181 Å². The summed E-state index contributed by atoms with van der Waals surface area (Å²) in [7, 11) is 0. The van der Waals surface area contributed by atoms with Gasteiger partial charge in [-0.3, -0.25) is 0 Å². The first-order chi connectivity index (χ1) is 39.6. The van der Waals surface area contributed by atoms with E-state index in [1.807, 2.05) is 194 Å². The largest absolute Gasteiger partial charge is 3.00 e. The maximum absolute atomic E-state index is 5.00. The fourth-order valence-electron chi connectivity index (χ4n) is 11.0. The Morgan fingerprint density at radius 2 is 0.481 bits per heavy atom. The van der Waals surface area contributed by atoms with E-state index in [-0.39, 0.29) is 37.3 Å². The van der Waals surface area contributed by atoms with Gasteiger partial charge in [0.15, 0.2) is 17.5 Å². The van der Waals surface area contributed by atoms with Crippen molar-refractivity contribution in [1.29, 1.82) is 0 Å². The molecule has 0 atom stereocenters. The van der Waals surface area contributed by atoms with E-state index < -0.39 is 0 Å². The number of nitrogens with zero attached hydrogens (tertiary/aromatic N) is 15. The minimum atomic E-state index is 0. The second kappa shape index (κ2) is 18.4. The minimum absolute atomic E-state index is 0. The second-order valence-electron chi connectivity index (χ2n) is 19.4. The molecular formula is C64H33ErN16. The van der Waals surface area contributed by atoms with Crippen molar-refractivity contribution >= 4 is 44.1 Å². The van der Waals surface area contributed by atoms with Crippen LogP contribution in [0, 0.1) is 37.3 Å². The number of rotatable bonds is 0. The van der Waals surface area contributed by atoms with E-state index in [1.165, 1.54) is 0 Å². The Morgan fingerprint density at radius 3 is 0.864 bits per heavy atom. The second-order valence-corrected chi connectivity index (χ2v) is 19.4. The average molecular weight is 1190 g/mol. The van der Waals surface area contributed by atoms with Crippen molar-refractivity contribution in [3.05, 3.63) is 194 Å². The molecule has 6 aliphatic heterocycles. The van der Waals surface area contributed by atoms with E-state index in [2.05, 4.69) is 4.98 Å². The zero-order valence-corrected chi connectivity index (χ0v) is 43.8. The summed E-state index contributed by atoms with van der Waals surface area (Å²) in [5.74, 6) is 6.96. The topological polar surface area (TPSA) is 212 Å². The van der Waals surface area contributed by atoms with Crippen LogP contribution in [0.3, 0.4) is 0 Å². The number of fused-ring (bicyclic) bond motifs is 40. The van der Waals surface area contributed by atoms with E-state index in [0.29, 0.717) is 92.5 Å². The van der Waals surface area contributed by atoms with Gasteiger partial charge in [0.05, 0.1) is 23.3 Å². The van der Waals surface area contributed by atoms with Gasteiger partial charge in [-0.05, 0) is 38.2 Å². The van der Waals surface area contributed by atoms with Gasteiger partial charge in [0, 0.05) is 90.1 Å². The predicted molar refractivity (Wildman–Crippen MR) is 303 cm³/mol. The normalized spacial score (nSPS) is 11.9. The van der Waals surface area contributed by atoms with Gasteiger partial charge in [0.25, 0.3) is 0 Å². The van der Waals surface area contributed by atoms with Gasteiger partial charge in [0.1, 0.15) is 11.6 Å². The van der Waals surface area contributed by atoms with Crippen molar-refractivity contribution in [2.75, 3.05) is 0 Å². The van der Waals surface area contributed by atoms with E-state index in [0.717, 1.165) is 88.3 Å². The van der Waals surface area contributed by atoms with E-state index in [9.17, 15) is 0 Å². The third-order valence-electron chi connectivity index (χ3n) is 14.7. The quantitative estimate of drug-likeness (QED) is 0.138. The first kappa shape index (κ1) is 46.8. The maximum atomic E-state index is 5.00. The third-order valence-corrected chi connectivity index (χ3v) is 14.7. The molecule has 0 fully saturated rings. The van der Waals surface area contributed by atoms with Gasteiger partial charge in [-0.1, -0.05) is 194 Å². The molecule has 381 valence electrons. The van der Waals surface area contributed by atoms with Gasteiger partial charge in [-0.25, -0.2) is 29.9 Å². The molecule has 8 aromatic carbocycles. The Labute approximate surface area is 488 Å². The van der Waals surface area contributed by atoms with Crippen molar-refractivity contribution in [2.24, 2.45) is 0 Å². The molecule has 6 aliphatic rings. The van der Waals surface area contributed by atoms with Crippen LogP contribution in [0.1, 0.15) is 0 Å². The van der Waals surface area contributed by atoms with Gasteiger partial charge in [0.2, 0.25) is 0 Å². The maximum Gasteiger partial charge on any atom is 3.00 e. The summed E-state index contributed by atoms with van der Waals surface area (Å²) in [4.78, 5) is 77.3. The van der Waals surface area contributed by atoms with Crippen molar-refractivity contribution in [1.82, 2.24) is 74.8 Å². The molecule has 0 saturated carbocycles. The number of hydrogen-bond acceptors (Lipinski definition) is 11. The molecule has 16 nitrogen and oxygen atoms in total. The number of hydrogen-bond donors (Lipinski definition) is 0. The molecule has 81 heavy (non-hydrogen) atoms. The van der Waals surface area contributed by atoms with Gasteiger partial charge >= 0.3 is 37.3 Å². The van der Waals surface area contributed by atoms with Crippen molar-refractivity contribution < 1.29 is 42.3 Å². The summed E-state index contributed by atoms with van der Waals surface area (Å²) in [6, 6.07) is 63.9. The average Bonchev–Trinajstić information content (AvgIpc) is 4.53. The molecule has 1 radical (unpaired) electrons. The predicted octanol–water partition coefficient (Wildman–Crippen LogP) is 11.5. The van der Waals surface area contributed by atoms with E-state index in [4.69, 9.17) is 74.8 Å². The van der Waals surface area contributed by atoms with Crippen LogP contribution in [0.4, 0.5) is 0 Å². The fraction of sp³-hybridized carbons (Fsp3) is 0. The van der Waals surface area contributed by atoms with Crippen molar-refractivity contribution in [2.45, 2.75) is 0 Å². The van der Waals surface area contributed by atoms with Gasteiger partial charge < -0.3 is 49.8 Å². The van der Waals surface area contributed by atoms with Crippen LogP contribution in [0.2, 0.25) is 0 Å². The van der Waals surface area contributed by atoms with Crippen LogP contribution in [0.15, 0.2) is 194 Å². The summed E-state index contributed by atoms with van der Waals surface area (Å²) in [5, 5.41) is 3.59. The summed E-state index contributed by atoms with van der Waals surface area (Å²) in [6.07, 6.45) is 0. The number of aromatic amines is 1. The molecule has 17 heteroatoms. The van der Waals surface area contributed by atoms with Crippen molar-refractivity contribution in [3.63, 3.8) is 0 Å². The summed E-state index contributed by atoms with van der Waals surface area (Å²) in [5.41, 5.74) is 13.1. The zero-order chi connectivity index (χ0) is 52.4. The summed E-state index contributed by atoms with van der Waals surface area (Å²) in [6.45, 7) is 0. The fourth-order valence-corrected chi connectivity index (χ4v) is 11.0. The Kier molecular flexibility index (Phi) is 10.6. The smallest absolute Gasteiger partial charge is 0.357 e. The first-order valence-electron chi connectivity index (χ1n) is 25.8. The Balaban J connectivity index is 0.000000132. The molecule has 10 heterocycles. The van der Waals surface area contributed by atoms with E-state index in [1.54, 1.807) is 0 Å². The minimum Gasteiger partial charge on any atom is -0.357 e. The molecule has 0 unspecified atom stereocenters. The monoisotopic (exact) mass is 1190 g/mol. The van der Waals surface area contributed by atoms with E-state index >= 15 is 0 Å². The molecular weight excluding hydrogens is 1160 g/mol. The number of aromatic nitrogens is 16. The molecule has 0 saturated heterocycles. The molecule has 0 spiro atoms. The first-order valence-corrected chi connectivity index (χ1v) is 25.8. The third kappa shape index (κ3) is 7.56. The molecule has 0 aliphatic carbocycles. The van der Waals surface area contributed by atoms with Crippen LogP contribution in [-0.2, 0) is 0 Å². The number of nitrogens with one attached hydrogen (secondary N) is 1. The molecule has 12 aromatic rings. The van der Waals surface area contributed by atoms with Crippen molar-refractivity contribution in [3.8, 4) is 137 Å². The molecule has 18 rings (SSSR count). The Bertz CT molecular complexity index is 4500. The summed E-state index contributed by atoms with van der Waals surface area (Å²) < 4.78 is 0.